The summed E-state index contributed by atoms with van der Waals surface area (Å²) in [5, 5.41) is 3.21. The monoisotopic (exact) mass is 234 g/mol. The van der Waals surface area contributed by atoms with Crippen LogP contribution in [-0.4, -0.2) is 54.9 Å². The first-order valence-electron chi connectivity index (χ1n) is 4.95. The number of hydrogen-bond acceptors (Lipinski definition) is 4. The maximum absolute atomic E-state index is 5.28. The Labute approximate surface area is 95.6 Å². The highest BCUT2D eigenvalue weighted by molar-refractivity contribution is 8.22. The number of ether oxygens (including phenoxy) is 1. The van der Waals surface area contributed by atoms with Crippen molar-refractivity contribution in [1.29, 1.82) is 0 Å². The average Bonchev–Trinajstić information content (AvgIpc) is 2.25. The molecule has 0 unspecified atom stereocenters. The molecule has 1 saturated heterocycles. The molecule has 5 heteroatoms. The Kier molecular flexibility index (Phi) is 6.51. The van der Waals surface area contributed by atoms with Crippen LogP contribution in [-0.2, 0) is 4.74 Å². The zero-order chi connectivity index (χ0) is 10.2. The molecule has 0 aromatic heterocycles. The third-order valence-electron chi connectivity index (χ3n) is 2.21. The van der Waals surface area contributed by atoms with Crippen LogP contribution in [0.2, 0.25) is 0 Å². The van der Waals surface area contributed by atoms with E-state index in [0.29, 0.717) is 0 Å². The second-order valence-electron chi connectivity index (χ2n) is 3.23. The second kappa shape index (κ2) is 7.45. The van der Waals surface area contributed by atoms with Crippen molar-refractivity contribution in [3.05, 3.63) is 0 Å². The largest absolute Gasteiger partial charge is 0.379 e. The minimum absolute atomic E-state index is 0.886. The van der Waals surface area contributed by atoms with E-state index >= 15 is 0 Å². The molecule has 1 rings (SSSR count). The molecule has 1 N–H and O–H groups in total. The summed E-state index contributed by atoms with van der Waals surface area (Å²) in [6, 6.07) is 0. The lowest BCUT2D eigenvalue weighted by atomic mass is 10.3. The highest BCUT2D eigenvalue weighted by Gasteiger charge is 2.08. The van der Waals surface area contributed by atoms with Crippen molar-refractivity contribution < 1.29 is 4.74 Å². The van der Waals surface area contributed by atoms with Gasteiger partial charge in [0.25, 0.3) is 0 Å². The maximum atomic E-state index is 5.28. The van der Waals surface area contributed by atoms with Gasteiger partial charge in [-0.2, -0.15) is 0 Å². The van der Waals surface area contributed by atoms with Crippen LogP contribution in [0.1, 0.15) is 6.42 Å². The lowest BCUT2D eigenvalue weighted by molar-refractivity contribution is 0.0376. The summed E-state index contributed by atoms with van der Waals surface area (Å²) in [5.41, 5.74) is 0. The number of thioether (sulfide) groups is 1. The Morgan fingerprint density at radius 2 is 2.21 bits per heavy atom. The molecular formula is C9H18N2OS2. The summed E-state index contributed by atoms with van der Waals surface area (Å²) in [6.07, 6.45) is 3.15. The molecular weight excluding hydrogens is 216 g/mol. The molecule has 0 spiro atoms. The number of nitrogens with zero attached hydrogens (tertiary/aromatic N) is 1. The van der Waals surface area contributed by atoms with Crippen LogP contribution in [0.25, 0.3) is 0 Å². The van der Waals surface area contributed by atoms with Gasteiger partial charge in [-0.1, -0.05) is 12.2 Å². The molecule has 0 saturated carbocycles. The molecule has 14 heavy (non-hydrogen) atoms. The molecule has 0 aromatic carbocycles. The molecule has 1 fully saturated rings. The summed E-state index contributed by atoms with van der Waals surface area (Å²) >= 11 is 6.64. The van der Waals surface area contributed by atoms with Crippen molar-refractivity contribution in [3.63, 3.8) is 0 Å². The van der Waals surface area contributed by atoms with Crippen molar-refractivity contribution in [3.8, 4) is 0 Å². The number of thiocarbonyl (C=S) groups is 1. The number of morpholine rings is 1. The van der Waals surface area contributed by atoms with Crippen LogP contribution >= 0.6 is 24.0 Å². The quantitative estimate of drug-likeness (QED) is 0.577. The molecule has 0 aromatic rings. The maximum Gasteiger partial charge on any atom is 0.133 e. The molecule has 1 aliphatic heterocycles. The Balaban J connectivity index is 1.94. The van der Waals surface area contributed by atoms with Gasteiger partial charge in [-0.25, -0.2) is 0 Å². The Bertz CT molecular complexity index is 172. The third kappa shape index (κ3) is 5.14. The van der Waals surface area contributed by atoms with Crippen molar-refractivity contribution in [2.45, 2.75) is 6.42 Å². The van der Waals surface area contributed by atoms with E-state index in [2.05, 4.69) is 10.2 Å². The van der Waals surface area contributed by atoms with Crippen LogP contribution in [0, 0.1) is 0 Å². The van der Waals surface area contributed by atoms with Gasteiger partial charge >= 0.3 is 0 Å². The zero-order valence-corrected chi connectivity index (χ0v) is 10.3. The number of nitrogens with one attached hydrogen (secondary N) is 1. The van der Waals surface area contributed by atoms with E-state index in [4.69, 9.17) is 17.0 Å². The topological polar surface area (TPSA) is 24.5 Å². The fourth-order valence-electron chi connectivity index (χ4n) is 1.39. The standard InChI is InChI=1S/C9H18N2OS2/c1-14-9(13)10-3-2-4-11-5-7-12-8-6-11/h2-8H2,1H3,(H,10,13). The van der Waals surface area contributed by atoms with Crippen LogP contribution in [0.5, 0.6) is 0 Å². The van der Waals surface area contributed by atoms with Crippen LogP contribution < -0.4 is 5.32 Å². The second-order valence-corrected chi connectivity index (χ2v) is 4.71. The van der Waals surface area contributed by atoms with E-state index in [1.54, 1.807) is 11.8 Å². The molecule has 0 aliphatic carbocycles. The third-order valence-corrected chi connectivity index (χ3v) is 3.37. The van der Waals surface area contributed by atoms with Crippen molar-refractivity contribution in [1.82, 2.24) is 10.2 Å². The first kappa shape index (κ1) is 12.2. The Hall–Kier alpha value is 0.160. The zero-order valence-electron chi connectivity index (χ0n) is 8.62. The van der Waals surface area contributed by atoms with E-state index in [1.165, 1.54) is 0 Å². The fraction of sp³-hybridized carbons (Fsp3) is 0.889. The van der Waals surface area contributed by atoms with Crippen molar-refractivity contribution in [2.75, 3.05) is 45.6 Å². The highest BCUT2D eigenvalue weighted by atomic mass is 32.2. The van der Waals surface area contributed by atoms with Gasteiger partial charge in [0.05, 0.1) is 13.2 Å². The first-order chi connectivity index (χ1) is 6.83. The summed E-state index contributed by atoms with van der Waals surface area (Å²) < 4.78 is 6.18. The van der Waals surface area contributed by atoms with E-state index in [9.17, 15) is 0 Å². The van der Waals surface area contributed by atoms with Crippen LogP contribution in [0.4, 0.5) is 0 Å². The van der Waals surface area contributed by atoms with Gasteiger partial charge in [0.15, 0.2) is 0 Å². The summed E-state index contributed by atoms with van der Waals surface area (Å²) in [7, 11) is 0. The van der Waals surface area contributed by atoms with Gasteiger partial charge < -0.3 is 10.1 Å². The fourth-order valence-corrected chi connectivity index (χ4v) is 1.74. The van der Waals surface area contributed by atoms with Gasteiger partial charge in [-0.3, -0.25) is 4.90 Å². The van der Waals surface area contributed by atoms with E-state index in [0.717, 1.165) is 50.1 Å². The predicted molar refractivity (Wildman–Crippen MR) is 66.0 cm³/mol. The minimum atomic E-state index is 0.886. The lowest BCUT2D eigenvalue weighted by Gasteiger charge is -2.26. The van der Waals surface area contributed by atoms with E-state index < -0.39 is 0 Å². The first-order valence-corrected chi connectivity index (χ1v) is 6.58. The highest BCUT2D eigenvalue weighted by Crippen LogP contribution is 1.98. The molecule has 1 heterocycles. The van der Waals surface area contributed by atoms with Gasteiger partial charge in [0, 0.05) is 19.6 Å². The summed E-state index contributed by atoms with van der Waals surface area (Å²) in [6.45, 7) is 6.05. The van der Waals surface area contributed by atoms with Crippen LogP contribution in [0.15, 0.2) is 0 Å². The molecule has 0 radical (unpaired) electrons. The van der Waals surface area contributed by atoms with E-state index in [1.807, 2.05) is 6.26 Å². The smallest absolute Gasteiger partial charge is 0.133 e. The average molecular weight is 234 g/mol. The van der Waals surface area contributed by atoms with Gasteiger partial charge in [0.2, 0.25) is 0 Å². The molecule has 3 nitrogen and oxygen atoms in total. The molecule has 0 bridgehead atoms. The van der Waals surface area contributed by atoms with Crippen molar-refractivity contribution >= 4 is 28.3 Å². The molecule has 0 amide bonds. The molecule has 0 atom stereocenters. The lowest BCUT2D eigenvalue weighted by Crippen LogP contribution is -2.37. The molecule has 82 valence electrons. The van der Waals surface area contributed by atoms with Crippen LogP contribution in [0.3, 0.4) is 0 Å². The number of rotatable bonds is 4. The van der Waals surface area contributed by atoms with Gasteiger partial charge in [0.1, 0.15) is 4.32 Å². The van der Waals surface area contributed by atoms with Gasteiger partial charge in [-0.15, -0.1) is 11.8 Å². The summed E-state index contributed by atoms with van der Waals surface area (Å²) in [4.78, 5) is 2.44. The Morgan fingerprint density at radius 3 is 2.86 bits per heavy atom. The summed E-state index contributed by atoms with van der Waals surface area (Å²) in [5.74, 6) is 0. The van der Waals surface area contributed by atoms with Crippen molar-refractivity contribution in [2.24, 2.45) is 0 Å². The Morgan fingerprint density at radius 1 is 1.50 bits per heavy atom. The van der Waals surface area contributed by atoms with Gasteiger partial charge in [-0.05, 0) is 19.2 Å². The molecule has 1 aliphatic rings. The van der Waals surface area contributed by atoms with E-state index in [-0.39, 0.29) is 0 Å². The SMILES string of the molecule is CSC(=S)NCCCN1CCOCC1. The predicted octanol–water partition coefficient (Wildman–Crippen LogP) is 0.946. The number of hydrogen-bond donors (Lipinski definition) is 1. The minimum Gasteiger partial charge on any atom is -0.379 e. The normalized spacial score (nSPS) is 18.1.